The highest BCUT2D eigenvalue weighted by molar-refractivity contribution is 9.11. The van der Waals surface area contributed by atoms with Gasteiger partial charge in [0.1, 0.15) is 0 Å². The molecule has 0 radical (unpaired) electrons. The van der Waals surface area contributed by atoms with Gasteiger partial charge in [-0.1, -0.05) is 48.5 Å². The van der Waals surface area contributed by atoms with Crippen LogP contribution in [0, 0.1) is 13.8 Å². The summed E-state index contributed by atoms with van der Waals surface area (Å²) in [6, 6.07) is 4.61. The second-order valence-electron chi connectivity index (χ2n) is 9.56. The Balaban J connectivity index is 0.00000124. The minimum absolute atomic E-state index is 0.134. The number of fused-ring (bicyclic) bond motifs is 1. The summed E-state index contributed by atoms with van der Waals surface area (Å²) in [7, 11) is -3.57. The SMILES string of the molecule is C=C(C)Br.C=C(C)CS(=O)(=O)c1ccc2c(c1)/C(=C\c1[nH]c(C)c(C(=O)NCCN(CC)CC)c1C)C(=O)N2. The molecule has 0 fully saturated rings. The average Bonchev–Trinajstić information content (AvgIpc) is 3.29. The molecule has 39 heavy (non-hydrogen) atoms. The van der Waals surface area contributed by atoms with Gasteiger partial charge in [-0.05, 0) is 75.1 Å². The second-order valence-corrected chi connectivity index (χ2v) is 12.9. The molecule has 0 spiro atoms. The lowest BCUT2D eigenvalue weighted by Crippen LogP contribution is -2.35. The van der Waals surface area contributed by atoms with Gasteiger partial charge in [0.2, 0.25) is 0 Å². The van der Waals surface area contributed by atoms with Gasteiger partial charge in [-0.25, -0.2) is 8.42 Å². The number of allylic oxidation sites excluding steroid dienone is 1. The number of nitrogens with one attached hydrogen (secondary N) is 3. The van der Waals surface area contributed by atoms with E-state index in [4.69, 9.17) is 0 Å². The molecule has 8 nitrogen and oxygen atoms in total. The average molecular weight is 620 g/mol. The lowest BCUT2D eigenvalue weighted by Gasteiger charge is -2.18. The third kappa shape index (κ3) is 8.52. The van der Waals surface area contributed by atoms with Gasteiger partial charge in [0.25, 0.3) is 11.8 Å². The van der Waals surface area contributed by atoms with Crippen molar-refractivity contribution in [3.8, 4) is 0 Å². The van der Waals surface area contributed by atoms with Crippen LogP contribution < -0.4 is 10.6 Å². The largest absolute Gasteiger partial charge is 0.358 e. The zero-order valence-electron chi connectivity index (χ0n) is 23.6. The van der Waals surface area contributed by atoms with Gasteiger partial charge in [0.05, 0.1) is 21.8 Å². The molecule has 0 atom stereocenters. The summed E-state index contributed by atoms with van der Waals surface area (Å²) in [6.07, 6.45) is 1.67. The summed E-state index contributed by atoms with van der Waals surface area (Å²) in [4.78, 5) is 31.2. The molecule has 0 saturated heterocycles. The summed E-state index contributed by atoms with van der Waals surface area (Å²) in [5.41, 5.74) is 4.53. The number of amides is 2. The molecule has 0 aliphatic carbocycles. The monoisotopic (exact) mass is 618 g/mol. The first kappa shape index (κ1) is 32.3. The number of nitrogens with zero attached hydrogens (tertiary/aromatic N) is 1. The number of halogens is 1. The molecule has 1 aliphatic heterocycles. The molecule has 2 aromatic rings. The normalized spacial score (nSPS) is 13.5. The summed E-state index contributed by atoms with van der Waals surface area (Å²) in [6.45, 7) is 21.7. The van der Waals surface area contributed by atoms with Crippen molar-refractivity contribution in [2.45, 2.75) is 46.4 Å². The standard InChI is InChI=1S/C26H34N4O4S.C3H5Br/c1-7-30(8-2)12-11-27-26(32)24-17(5)23(28-18(24)6)14-21-20-13-19(35(33,34)15-16(3)4)9-10-22(20)29-25(21)31;1-3(2)4/h9-10,13-14,28H,3,7-8,11-12,15H2,1-2,4-6H3,(H,27,32)(H,29,31);1H2,2H3/b21-14+;. The molecule has 2 amide bonds. The molecule has 0 saturated carbocycles. The number of H-pyrrole nitrogens is 1. The van der Waals surface area contributed by atoms with Gasteiger partial charge >= 0.3 is 0 Å². The molecule has 1 aromatic carbocycles. The van der Waals surface area contributed by atoms with Gasteiger partial charge in [-0.2, -0.15) is 0 Å². The number of carbonyl (C=O) groups is 2. The van der Waals surface area contributed by atoms with Gasteiger partial charge in [-0.15, -0.1) is 0 Å². The van der Waals surface area contributed by atoms with Crippen LogP contribution in [0.2, 0.25) is 0 Å². The number of likely N-dealkylation sites (N-methyl/N-ethyl adjacent to an activating group) is 1. The topological polar surface area (TPSA) is 111 Å². The van der Waals surface area contributed by atoms with Crippen molar-refractivity contribution in [1.82, 2.24) is 15.2 Å². The first-order valence-corrected chi connectivity index (χ1v) is 15.2. The zero-order valence-corrected chi connectivity index (χ0v) is 26.0. The van der Waals surface area contributed by atoms with Gasteiger partial charge in [0.15, 0.2) is 9.84 Å². The van der Waals surface area contributed by atoms with E-state index in [1.165, 1.54) is 12.1 Å². The van der Waals surface area contributed by atoms with Crippen LogP contribution in [0.15, 0.2) is 46.3 Å². The van der Waals surface area contributed by atoms with E-state index in [0.717, 1.165) is 29.7 Å². The van der Waals surface area contributed by atoms with Crippen LogP contribution in [0.3, 0.4) is 0 Å². The molecule has 3 rings (SSSR count). The van der Waals surface area contributed by atoms with Crippen LogP contribution in [-0.4, -0.2) is 62.0 Å². The van der Waals surface area contributed by atoms with E-state index in [2.05, 4.69) is 63.5 Å². The fourth-order valence-electron chi connectivity index (χ4n) is 4.27. The molecule has 0 unspecified atom stereocenters. The summed E-state index contributed by atoms with van der Waals surface area (Å²) in [5, 5.41) is 5.76. The Morgan fingerprint density at radius 1 is 1.15 bits per heavy atom. The van der Waals surface area contributed by atoms with Crippen LogP contribution in [0.5, 0.6) is 0 Å². The number of anilines is 1. The summed E-state index contributed by atoms with van der Waals surface area (Å²) >= 11 is 3.08. The number of aromatic nitrogens is 1. The molecule has 10 heteroatoms. The molecule has 0 bridgehead atoms. The van der Waals surface area contributed by atoms with Gasteiger partial charge < -0.3 is 20.5 Å². The van der Waals surface area contributed by atoms with Crippen LogP contribution in [0.1, 0.15) is 60.6 Å². The third-order valence-electron chi connectivity index (χ3n) is 6.17. The quantitative estimate of drug-likeness (QED) is 0.242. The van der Waals surface area contributed by atoms with Crippen molar-refractivity contribution in [3.63, 3.8) is 0 Å². The van der Waals surface area contributed by atoms with Crippen molar-refractivity contribution >= 4 is 54.9 Å². The Morgan fingerprint density at radius 3 is 2.33 bits per heavy atom. The van der Waals surface area contributed by atoms with E-state index < -0.39 is 9.84 Å². The highest BCUT2D eigenvalue weighted by atomic mass is 79.9. The minimum atomic E-state index is -3.57. The van der Waals surface area contributed by atoms with Crippen molar-refractivity contribution in [1.29, 1.82) is 0 Å². The smallest absolute Gasteiger partial charge is 0.256 e. The van der Waals surface area contributed by atoms with Crippen LogP contribution >= 0.6 is 15.9 Å². The predicted octanol–water partition coefficient (Wildman–Crippen LogP) is 5.46. The minimum Gasteiger partial charge on any atom is -0.358 e. The first-order chi connectivity index (χ1) is 18.2. The maximum atomic E-state index is 12.9. The first-order valence-electron chi connectivity index (χ1n) is 12.8. The van der Waals surface area contributed by atoms with Crippen molar-refractivity contribution < 1.29 is 18.0 Å². The number of hydrogen-bond acceptors (Lipinski definition) is 5. The second kappa shape index (κ2) is 13.9. The van der Waals surface area contributed by atoms with E-state index in [0.29, 0.717) is 45.9 Å². The molecular formula is C29H39BrN4O4S. The molecule has 1 aliphatic rings. The Hall–Kier alpha value is -2.95. The number of aryl methyl sites for hydroxylation is 1. The number of sulfone groups is 1. The van der Waals surface area contributed by atoms with E-state index in [1.807, 2.05) is 20.8 Å². The van der Waals surface area contributed by atoms with Crippen LogP contribution in [0.4, 0.5) is 5.69 Å². The highest BCUT2D eigenvalue weighted by Crippen LogP contribution is 2.36. The fraction of sp³-hybridized carbons (Fsp3) is 0.379. The molecular weight excluding hydrogens is 580 g/mol. The number of carbonyl (C=O) groups excluding carboxylic acids is 2. The van der Waals surface area contributed by atoms with Gasteiger partial charge in [-0.3, -0.25) is 9.59 Å². The van der Waals surface area contributed by atoms with E-state index in [9.17, 15) is 18.0 Å². The Kier molecular flexibility index (Phi) is 11.5. The fourth-order valence-corrected chi connectivity index (χ4v) is 5.66. The van der Waals surface area contributed by atoms with E-state index in [-0.39, 0.29) is 22.5 Å². The molecule has 3 N–H and O–H groups in total. The lowest BCUT2D eigenvalue weighted by molar-refractivity contribution is -0.110. The maximum absolute atomic E-state index is 12.9. The Morgan fingerprint density at radius 2 is 1.77 bits per heavy atom. The summed E-state index contributed by atoms with van der Waals surface area (Å²) in [5.74, 6) is -0.655. The van der Waals surface area contributed by atoms with E-state index >= 15 is 0 Å². The number of benzene rings is 1. The molecule has 212 valence electrons. The lowest BCUT2D eigenvalue weighted by atomic mass is 10.0. The van der Waals surface area contributed by atoms with Crippen molar-refractivity contribution in [2.75, 3.05) is 37.2 Å². The molecule has 1 aromatic heterocycles. The number of rotatable bonds is 10. The third-order valence-corrected chi connectivity index (χ3v) is 8.01. The van der Waals surface area contributed by atoms with Gasteiger partial charge in [0, 0.05) is 35.7 Å². The molecule has 2 heterocycles. The van der Waals surface area contributed by atoms with E-state index in [1.54, 1.807) is 19.1 Å². The Labute approximate surface area is 240 Å². The zero-order chi connectivity index (χ0) is 29.5. The summed E-state index contributed by atoms with van der Waals surface area (Å²) < 4.78 is 26.4. The van der Waals surface area contributed by atoms with Crippen molar-refractivity contribution in [2.24, 2.45) is 0 Å². The predicted molar refractivity (Wildman–Crippen MR) is 164 cm³/mol. The Bertz CT molecular complexity index is 1400. The van der Waals surface area contributed by atoms with Crippen LogP contribution in [-0.2, 0) is 14.6 Å². The number of aromatic amines is 1. The van der Waals surface area contributed by atoms with Crippen molar-refractivity contribution in [3.05, 3.63) is 69.5 Å². The number of hydrogen-bond donors (Lipinski definition) is 3. The highest BCUT2D eigenvalue weighted by Gasteiger charge is 2.28. The van der Waals surface area contributed by atoms with Crippen LogP contribution in [0.25, 0.3) is 11.6 Å². The maximum Gasteiger partial charge on any atom is 0.256 e.